The Balaban J connectivity index is 2.04. The van der Waals surface area contributed by atoms with E-state index in [1.807, 2.05) is 6.08 Å². The molecular weight excluding hydrogens is 120 g/mol. The van der Waals surface area contributed by atoms with Crippen LogP contribution >= 0.6 is 0 Å². The van der Waals surface area contributed by atoms with Crippen LogP contribution in [0.4, 0.5) is 0 Å². The average Bonchev–Trinajstić information content (AvgIpc) is 2.41. The highest BCUT2D eigenvalue weighted by Gasteiger charge is 1.97. The van der Waals surface area contributed by atoms with Crippen molar-refractivity contribution in [3.8, 4) is 0 Å². The van der Waals surface area contributed by atoms with Crippen molar-refractivity contribution in [3.63, 3.8) is 0 Å². The summed E-state index contributed by atoms with van der Waals surface area (Å²) in [6.07, 6.45) is 13.9. The van der Waals surface area contributed by atoms with Crippen LogP contribution in [0.25, 0.3) is 0 Å². The fourth-order valence-electron chi connectivity index (χ4n) is 1.20. The third-order valence-electron chi connectivity index (χ3n) is 1.87. The van der Waals surface area contributed by atoms with Crippen molar-refractivity contribution >= 4 is 0 Å². The van der Waals surface area contributed by atoms with E-state index in [1.165, 1.54) is 25.7 Å². The Hall–Kier alpha value is -0.520. The number of rotatable bonds is 4. The molecule has 0 amide bonds. The first-order valence-corrected chi connectivity index (χ1v) is 4.18. The maximum Gasteiger partial charge on any atom is -0.00611 e. The topological polar surface area (TPSA) is 0 Å². The number of unbranched alkanes of at least 4 members (excludes halogenated alkanes) is 2. The third kappa shape index (κ3) is 2.38. The van der Waals surface area contributed by atoms with Gasteiger partial charge in [-0.25, -0.2) is 0 Å². The highest BCUT2D eigenvalue weighted by molar-refractivity contribution is 5.19. The Bertz CT molecular complexity index is 140. The Morgan fingerprint density at radius 1 is 1.50 bits per heavy atom. The van der Waals surface area contributed by atoms with E-state index in [2.05, 4.69) is 19.1 Å². The van der Waals surface area contributed by atoms with E-state index < -0.39 is 0 Å². The van der Waals surface area contributed by atoms with Crippen LogP contribution in [0.1, 0.15) is 39.0 Å². The molecule has 0 N–H and O–H groups in total. The van der Waals surface area contributed by atoms with E-state index >= 15 is 0 Å². The SMILES string of the molecule is CCCCCC1=CC=[C]C1. The minimum atomic E-state index is 1.09. The summed E-state index contributed by atoms with van der Waals surface area (Å²) in [6, 6.07) is 0. The van der Waals surface area contributed by atoms with Gasteiger partial charge in [-0.05, 0) is 25.3 Å². The zero-order valence-corrected chi connectivity index (χ0v) is 6.69. The Morgan fingerprint density at radius 3 is 3.00 bits per heavy atom. The van der Waals surface area contributed by atoms with E-state index in [-0.39, 0.29) is 0 Å². The van der Waals surface area contributed by atoms with Gasteiger partial charge in [0.25, 0.3) is 0 Å². The summed E-state index contributed by atoms with van der Waals surface area (Å²) in [5.74, 6) is 0. The van der Waals surface area contributed by atoms with Crippen molar-refractivity contribution in [1.29, 1.82) is 0 Å². The zero-order valence-electron chi connectivity index (χ0n) is 6.69. The lowest BCUT2D eigenvalue weighted by molar-refractivity contribution is 0.708. The largest absolute Gasteiger partial charge is 0.0658 e. The lowest BCUT2D eigenvalue weighted by atomic mass is 10.1. The van der Waals surface area contributed by atoms with E-state index in [4.69, 9.17) is 0 Å². The van der Waals surface area contributed by atoms with Crippen LogP contribution in [-0.4, -0.2) is 0 Å². The molecule has 0 atom stereocenters. The standard InChI is InChI=1S/C10H15/c1-2-3-4-7-10-8-5-6-9-10/h5,8H,2-4,7,9H2,1H3. The van der Waals surface area contributed by atoms with E-state index in [0.29, 0.717) is 0 Å². The summed E-state index contributed by atoms with van der Waals surface area (Å²) in [6.45, 7) is 2.24. The van der Waals surface area contributed by atoms with Crippen LogP contribution in [0.3, 0.4) is 0 Å². The summed E-state index contributed by atoms with van der Waals surface area (Å²) in [4.78, 5) is 0. The fraction of sp³-hybridized carbons (Fsp3) is 0.600. The molecule has 0 unspecified atom stereocenters. The molecule has 0 aliphatic heterocycles. The smallest absolute Gasteiger partial charge is 0.00611 e. The van der Waals surface area contributed by atoms with Crippen LogP contribution < -0.4 is 0 Å². The molecule has 1 aliphatic rings. The van der Waals surface area contributed by atoms with Gasteiger partial charge in [-0.15, -0.1) is 0 Å². The first-order valence-electron chi connectivity index (χ1n) is 4.18. The molecule has 0 aromatic heterocycles. The van der Waals surface area contributed by atoms with Crippen molar-refractivity contribution in [3.05, 3.63) is 23.8 Å². The second-order valence-corrected chi connectivity index (χ2v) is 2.83. The summed E-state index contributed by atoms with van der Waals surface area (Å²) in [5, 5.41) is 0. The highest BCUT2D eigenvalue weighted by Crippen LogP contribution is 2.16. The molecule has 55 valence electrons. The predicted molar refractivity (Wildman–Crippen MR) is 44.7 cm³/mol. The highest BCUT2D eigenvalue weighted by atomic mass is 14.0. The van der Waals surface area contributed by atoms with Crippen LogP contribution in [0.5, 0.6) is 0 Å². The van der Waals surface area contributed by atoms with Crippen molar-refractivity contribution < 1.29 is 0 Å². The maximum absolute atomic E-state index is 3.18. The van der Waals surface area contributed by atoms with Crippen molar-refractivity contribution in [2.75, 3.05) is 0 Å². The van der Waals surface area contributed by atoms with Crippen LogP contribution in [-0.2, 0) is 0 Å². The molecule has 0 saturated carbocycles. The summed E-state index contributed by atoms with van der Waals surface area (Å²) in [5.41, 5.74) is 1.56. The van der Waals surface area contributed by atoms with E-state index in [0.717, 1.165) is 6.42 Å². The van der Waals surface area contributed by atoms with E-state index in [1.54, 1.807) is 5.57 Å². The molecule has 0 aromatic rings. The first kappa shape index (κ1) is 7.59. The molecule has 0 bridgehead atoms. The summed E-state index contributed by atoms with van der Waals surface area (Å²) in [7, 11) is 0. The van der Waals surface area contributed by atoms with Crippen molar-refractivity contribution in [2.24, 2.45) is 0 Å². The number of hydrogen-bond acceptors (Lipinski definition) is 0. The molecule has 0 heterocycles. The Morgan fingerprint density at radius 2 is 2.40 bits per heavy atom. The fourth-order valence-corrected chi connectivity index (χ4v) is 1.20. The van der Waals surface area contributed by atoms with Gasteiger partial charge in [0.2, 0.25) is 0 Å². The quantitative estimate of drug-likeness (QED) is 0.519. The molecule has 1 rings (SSSR count). The molecule has 0 spiro atoms. The van der Waals surface area contributed by atoms with Gasteiger partial charge in [0.1, 0.15) is 0 Å². The molecule has 0 aromatic carbocycles. The Labute approximate surface area is 63.6 Å². The lowest BCUT2D eigenvalue weighted by Gasteiger charge is -1.98. The normalized spacial score (nSPS) is 15.9. The number of allylic oxidation sites excluding steroid dienone is 4. The predicted octanol–water partition coefficient (Wildman–Crippen LogP) is 3.26. The molecule has 1 radical (unpaired) electrons. The lowest BCUT2D eigenvalue weighted by Crippen LogP contribution is -1.79. The third-order valence-corrected chi connectivity index (χ3v) is 1.87. The molecule has 0 saturated heterocycles. The van der Waals surface area contributed by atoms with Gasteiger partial charge < -0.3 is 0 Å². The van der Waals surface area contributed by atoms with Gasteiger partial charge in [-0.2, -0.15) is 0 Å². The van der Waals surface area contributed by atoms with Gasteiger partial charge >= 0.3 is 0 Å². The van der Waals surface area contributed by atoms with Gasteiger partial charge in [0, 0.05) is 0 Å². The van der Waals surface area contributed by atoms with Crippen molar-refractivity contribution in [2.45, 2.75) is 39.0 Å². The number of hydrogen-bond donors (Lipinski definition) is 0. The average molecular weight is 135 g/mol. The van der Waals surface area contributed by atoms with Crippen LogP contribution in [0, 0.1) is 6.08 Å². The van der Waals surface area contributed by atoms with Gasteiger partial charge in [-0.3, -0.25) is 0 Å². The molecule has 10 heavy (non-hydrogen) atoms. The Kier molecular flexibility index (Phi) is 3.28. The van der Waals surface area contributed by atoms with Crippen LogP contribution in [0.2, 0.25) is 0 Å². The van der Waals surface area contributed by atoms with Crippen LogP contribution in [0.15, 0.2) is 17.7 Å². The molecular formula is C10H15. The second kappa shape index (κ2) is 4.32. The minimum Gasteiger partial charge on any atom is -0.0658 e. The monoisotopic (exact) mass is 135 g/mol. The molecule has 0 nitrogen and oxygen atoms in total. The molecule has 0 heteroatoms. The molecule has 1 aliphatic carbocycles. The summed E-state index contributed by atoms with van der Waals surface area (Å²) >= 11 is 0. The van der Waals surface area contributed by atoms with E-state index in [9.17, 15) is 0 Å². The second-order valence-electron chi connectivity index (χ2n) is 2.83. The summed E-state index contributed by atoms with van der Waals surface area (Å²) < 4.78 is 0. The molecule has 0 fully saturated rings. The zero-order chi connectivity index (χ0) is 7.23. The maximum atomic E-state index is 3.18. The van der Waals surface area contributed by atoms with Gasteiger partial charge in [0.15, 0.2) is 0 Å². The van der Waals surface area contributed by atoms with Gasteiger partial charge in [-0.1, -0.05) is 37.5 Å². The van der Waals surface area contributed by atoms with Gasteiger partial charge in [0.05, 0.1) is 0 Å². The first-order chi connectivity index (χ1) is 4.93. The van der Waals surface area contributed by atoms with Crippen molar-refractivity contribution in [1.82, 2.24) is 0 Å². The minimum absolute atomic E-state index is 1.09.